The molecule has 1 aromatic carbocycles. The van der Waals surface area contributed by atoms with E-state index in [0.29, 0.717) is 46.6 Å². The second-order valence-electron chi connectivity index (χ2n) is 5.48. The Morgan fingerprint density at radius 1 is 0.963 bits per heavy atom. The monoisotopic (exact) mass is 376 g/mol. The first-order valence-electron chi connectivity index (χ1n) is 8.29. The maximum absolute atomic E-state index is 12.4. The number of aryl methyl sites for hydroxylation is 2. The van der Waals surface area contributed by atoms with E-state index in [2.05, 4.69) is 20.6 Å². The quantitative estimate of drug-likeness (QED) is 0.765. The minimum atomic E-state index is -0.455. The van der Waals surface area contributed by atoms with Gasteiger partial charge in [-0.25, -0.2) is 4.79 Å². The lowest BCUT2D eigenvalue weighted by Gasteiger charge is -2.16. The number of anilines is 2. The van der Waals surface area contributed by atoms with Gasteiger partial charge in [-0.15, -0.1) is 0 Å². The molecule has 0 saturated heterocycles. The Hall–Kier alpha value is -3.23. The molecule has 0 unspecified atom stereocenters. The number of rotatable bonds is 7. The first-order chi connectivity index (χ1) is 12.9. The molecule has 0 atom stereocenters. The van der Waals surface area contributed by atoms with E-state index in [1.807, 2.05) is 6.92 Å². The first kappa shape index (κ1) is 20.1. The molecule has 146 valence electrons. The van der Waals surface area contributed by atoms with Gasteiger partial charge in [-0.3, -0.25) is 0 Å². The molecule has 9 nitrogen and oxygen atoms in total. The van der Waals surface area contributed by atoms with Crippen molar-refractivity contribution in [2.45, 2.75) is 20.8 Å². The van der Waals surface area contributed by atoms with E-state index in [9.17, 15) is 4.79 Å². The number of hydrogen-bond acceptors (Lipinski definition) is 7. The van der Waals surface area contributed by atoms with Gasteiger partial charge >= 0.3 is 12.0 Å². The standard InChI is InChI=1S/C18H24N4O5/c1-7-27-18-19-10(2)15(11(3)20-18)22-17(23)21-12-8-13(24-4)16(26-6)14(9-12)25-5/h8-9H,7H2,1-6H3,(H2,21,22,23). The molecule has 1 heterocycles. The Bertz CT molecular complexity index is 777. The number of urea groups is 1. The molecule has 2 rings (SSSR count). The number of nitrogens with one attached hydrogen (secondary N) is 2. The summed E-state index contributed by atoms with van der Waals surface area (Å²) >= 11 is 0. The van der Waals surface area contributed by atoms with E-state index in [1.165, 1.54) is 21.3 Å². The first-order valence-corrected chi connectivity index (χ1v) is 8.29. The Morgan fingerprint density at radius 3 is 1.96 bits per heavy atom. The Labute approximate surface area is 158 Å². The largest absolute Gasteiger partial charge is 0.493 e. The van der Waals surface area contributed by atoms with Crippen molar-refractivity contribution in [1.29, 1.82) is 0 Å². The highest BCUT2D eigenvalue weighted by Gasteiger charge is 2.16. The maximum Gasteiger partial charge on any atom is 0.323 e. The van der Waals surface area contributed by atoms with Crippen molar-refractivity contribution in [3.63, 3.8) is 0 Å². The fourth-order valence-electron chi connectivity index (χ4n) is 2.49. The fraction of sp³-hybridized carbons (Fsp3) is 0.389. The Balaban J connectivity index is 2.21. The molecule has 0 bridgehead atoms. The SMILES string of the molecule is CCOc1nc(C)c(NC(=O)Nc2cc(OC)c(OC)c(OC)c2)c(C)n1. The molecule has 2 aromatic rings. The van der Waals surface area contributed by atoms with Crippen molar-refractivity contribution >= 4 is 17.4 Å². The molecule has 9 heteroatoms. The van der Waals surface area contributed by atoms with Crippen molar-refractivity contribution < 1.29 is 23.7 Å². The summed E-state index contributed by atoms with van der Waals surface area (Å²) in [4.78, 5) is 20.9. The number of amides is 2. The molecule has 0 aliphatic carbocycles. The van der Waals surface area contributed by atoms with Crippen LogP contribution in [0.3, 0.4) is 0 Å². The highest BCUT2D eigenvalue weighted by atomic mass is 16.5. The zero-order valence-electron chi connectivity index (χ0n) is 16.3. The number of hydrogen-bond donors (Lipinski definition) is 2. The van der Waals surface area contributed by atoms with Gasteiger partial charge in [0, 0.05) is 12.1 Å². The molecule has 0 radical (unpaired) electrons. The van der Waals surface area contributed by atoms with Gasteiger partial charge < -0.3 is 29.6 Å². The molecule has 2 N–H and O–H groups in total. The minimum absolute atomic E-state index is 0.281. The summed E-state index contributed by atoms with van der Waals surface area (Å²) in [6.07, 6.45) is 0. The van der Waals surface area contributed by atoms with E-state index in [0.717, 1.165) is 0 Å². The van der Waals surface area contributed by atoms with Crippen LogP contribution in [0.25, 0.3) is 0 Å². The molecular weight excluding hydrogens is 352 g/mol. The molecule has 0 saturated carbocycles. The van der Waals surface area contributed by atoms with Crippen molar-refractivity contribution in [2.24, 2.45) is 0 Å². The van der Waals surface area contributed by atoms with E-state index in [1.54, 1.807) is 26.0 Å². The van der Waals surface area contributed by atoms with Gasteiger partial charge in [-0.1, -0.05) is 0 Å². The lowest BCUT2D eigenvalue weighted by atomic mass is 10.2. The average molecular weight is 376 g/mol. The van der Waals surface area contributed by atoms with E-state index in [-0.39, 0.29) is 6.01 Å². The van der Waals surface area contributed by atoms with Crippen LogP contribution in [0.15, 0.2) is 12.1 Å². The summed E-state index contributed by atoms with van der Waals surface area (Å²) in [6, 6.07) is 3.09. The molecule has 0 spiro atoms. The van der Waals surface area contributed by atoms with E-state index < -0.39 is 6.03 Å². The normalized spacial score (nSPS) is 10.1. The van der Waals surface area contributed by atoms with Crippen LogP contribution in [0.2, 0.25) is 0 Å². The average Bonchev–Trinajstić information content (AvgIpc) is 2.64. The van der Waals surface area contributed by atoms with E-state index in [4.69, 9.17) is 18.9 Å². The number of carbonyl (C=O) groups is 1. The van der Waals surface area contributed by atoms with E-state index >= 15 is 0 Å². The number of benzene rings is 1. The van der Waals surface area contributed by atoms with Crippen molar-refractivity contribution in [3.05, 3.63) is 23.5 Å². The van der Waals surface area contributed by atoms with Gasteiger partial charge in [-0.2, -0.15) is 9.97 Å². The third-order valence-corrected chi connectivity index (χ3v) is 3.68. The molecule has 0 aliphatic rings. The second-order valence-corrected chi connectivity index (χ2v) is 5.48. The summed E-state index contributed by atoms with van der Waals surface area (Å²) in [5.74, 6) is 1.31. The summed E-state index contributed by atoms with van der Waals surface area (Å²) in [6.45, 7) is 5.86. The number of aromatic nitrogens is 2. The van der Waals surface area contributed by atoms with Gasteiger partial charge in [0.05, 0.1) is 50.7 Å². The smallest absolute Gasteiger partial charge is 0.323 e. The molecule has 0 fully saturated rings. The van der Waals surface area contributed by atoms with Gasteiger partial charge in [0.1, 0.15) is 0 Å². The fourth-order valence-corrected chi connectivity index (χ4v) is 2.49. The third kappa shape index (κ3) is 4.69. The van der Waals surface area contributed by atoms with Crippen molar-refractivity contribution in [2.75, 3.05) is 38.6 Å². The maximum atomic E-state index is 12.4. The number of carbonyl (C=O) groups excluding carboxylic acids is 1. The lowest BCUT2D eigenvalue weighted by Crippen LogP contribution is -2.21. The summed E-state index contributed by atoms with van der Waals surface area (Å²) in [7, 11) is 4.52. The second kappa shape index (κ2) is 8.93. The van der Waals surface area contributed by atoms with Crippen molar-refractivity contribution in [3.8, 4) is 23.3 Å². The van der Waals surface area contributed by atoms with Crippen LogP contribution >= 0.6 is 0 Å². The highest BCUT2D eigenvalue weighted by Crippen LogP contribution is 2.39. The third-order valence-electron chi connectivity index (χ3n) is 3.68. The lowest BCUT2D eigenvalue weighted by molar-refractivity contribution is 0.262. The van der Waals surface area contributed by atoms with Crippen LogP contribution in [0.5, 0.6) is 23.3 Å². The van der Waals surface area contributed by atoms with Gasteiger partial charge in [0.25, 0.3) is 0 Å². The zero-order chi connectivity index (χ0) is 20.0. The van der Waals surface area contributed by atoms with Crippen molar-refractivity contribution in [1.82, 2.24) is 9.97 Å². The highest BCUT2D eigenvalue weighted by molar-refractivity contribution is 6.00. The summed E-state index contributed by atoms with van der Waals surface area (Å²) in [5.41, 5.74) is 2.20. The summed E-state index contributed by atoms with van der Waals surface area (Å²) < 4.78 is 21.1. The molecule has 27 heavy (non-hydrogen) atoms. The van der Waals surface area contributed by atoms with Crippen LogP contribution in [-0.2, 0) is 0 Å². The van der Waals surface area contributed by atoms with Crippen LogP contribution in [0.4, 0.5) is 16.2 Å². The Kier molecular flexibility index (Phi) is 6.64. The predicted molar refractivity (Wildman–Crippen MR) is 101 cm³/mol. The minimum Gasteiger partial charge on any atom is -0.493 e. The zero-order valence-corrected chi connectivity index (χ0v) is 16.3. The molecule has 1 aromatic heterocycles. The molecular formula is C18H24N4O5. The van der Waals surface area contributed by atoms with Gasteiger partial charge in [0.2, 0.25) is 5.75 Å². The van der Waals surface area contributed by atoms with Crippen LogP contribution in [-0.4, -0.2) is 43.9 Å². The summed E-state index contributed by atoms with van der Waals surface area (Å²) in [5, 5.41) is 5.49. The van der Waals surface area contributed by atoms with Crippen LogP contribution in [0, 0.1) is 13.8 Å². The van der Waals surface area contributed by atoms with Crippen LogP contribution in [0.1, 0.15) is 18.3 Å². The topological polar surface area (TPSA) is 104 Å². The molecule has 0 aliphatic heterocycles. The molecule has 2 amide bonds. The number of nitrogens with zero attached hydrogens (tertiary/aromatic N) is 2. The Morgan fingerprint density at radius 2 is 1.52 bits per heavy atom. The van der Waals surface area contributed by atoms with Crippen LogP contribution < -0.4 is 29.6 Å². The van der Waals surface area contributed by atoms with Gasteiger partial charge in [0.15, 0.2) is 11.5 Å². The number of methoxy groups -OCH3 is 3. The van der Waals surface area contributed by atoms with Gasteiger partial charge in [-0.05, 0) is 20.8 Å². The predicted octanol–water partition coefficient (Wildman–Crippen LogP) is 3.16. The number of ether oxygens (including phenoxy) is 4.